The first-order valence-electron chi connectivity index (χ1n) is 9.80. The van der Waals surface area contributed by atoms with Crippen LogP contribution in [0.5, 0.6) is 5.75 Å². The SMILES string of the molecule is C=C(CCNC(=O)C1CC(=O)c2cc(Cl)ccc2O1)C(=O)NCc1ccc(C(F)(F)F)cn1. The van der Waals surface area contributed by atoms with Gasteiger partial charge in [0, 0.05) is 23.3 Å². The Bertz CT molecular complexity index is 1090. The number of carbonyl (C=O) groups excluding carboxylic acids is 3. The van der Waals surface area contributed by atoms with Crippen LogP contribution >= 0.6 is 11.6 Å². The Morgan fingerprint density at radius 1 is 1.21 bits per heavy atom. The molecule has 2 aromatic rings. The number of Topliss-reactive ketones (excluding diaryl/α,β-unsaturated/α-hetero) is 1. The van der Waals surface area contributed by atoms with Gasteiger partial charge in [0.05, 0.1) is 29.8 Å². The van der Waals surface area contributed by atoms with Crippen molar-refractivity contribution in [2.24, 2.45) is 0 Å². The van der Waals surface area contributed by atoms with Crippen LogP contribution in [-0.2, 0) is 22.3 Å². The van der Waals surface area contributed by atoms with Gasteiger partial charge in [0.25, 0.3) is 5.91 Å². The van der Waals surface area contributed by atoms with Crippen molar-refractivity contribution in [3.8, 4) is 5.75 Å². The third kappa shape index (κ3) is 6.32. The van der Waals surface area contributed by atoms with Gasteiger partial charge in [-0.1, -0.05) is 18.2 Å². The van der Waals surface area contributed by atoms with Crippen molar-refractivity contribution in [3.05, 3.63) is 70.5 Å². The summed E-state index contributed by atoms with van der Waals surface area (Å²) in [6.07, 6.45) is -4.82. The van der Waals surface area contributed by atoms with E-state index in [9.17, 15) is 27.6 Å². The largest absolute Gasteiger partial charge is 0.479 e. The van der Waals surface area contributed by atoms with Crippen LogP contribution in [0.2, 0.25) is 5.02 Å². The number of rotatable bonds is 7. The van der Waals surface area contributed by atoms with Crippen LogP contribution in [0.1, 0.15) is 34.5 Å². The molecule has 1 aromatic heterocycles. The number of halogens is 4. The highest BCUT2D eigenvalue weighted by Gasteiger charge is 2.32. The number of pyridine rings is 1. The second-order valence-corrected chi connectivity index (χ2v) is 7.67. The van der Waals surface area contributed by atoms with E-state index >= 15 is 0 Å². The van der Waals surface area contributed by atoms with Crippen molar-refractivity contribution in [1.29, 1.82) is 0 Å². The number of fused-ring (bicyclic) bond motifs is 1. The summed E-state index contributed by atoms with van der Waals surface area (Å²) in [6, 6.07) is 6.60. The van der Waals surface area contributed by atoms with E-state index < -0.39 is 29.7 Å². The fraction of sp³-hybridized carbons (Fsp3) is 0.273. The first-order valence-corrected chi connectivity index (χ1v) is 10.2. The molecule has 1 aromatic carbocycles. The average molecular weight is 482 g/mol. The van der Waals surface area contributed by atoms with E-state index in [-0.39, 0.29) is 48.7 Å². The van der Waals surface area contributed by atoms with Crippen LogP contribution in [0.25, 0.3) is 0 Å². The minimum atomic E-state index is -4.49. The smallest absolute Gasteiger partial charge is 0.417 e. The molecule has 1 unspecified atom stereocenters. The molecule has 0 aliphatic carbocycles. The summed E-state index contributed by atoms with van der Waals surface area (Å²) in [4.78, 5) is 40.4. The first kappa shape index (κ1) is 24.2. The van der Waals surface area contributed by atoms with Crippen molar-refractivity contribution in [2.75, 3.05) is 6.54 Å². The van der Waals surface area contributed by atoms with E-state index in [1.54, 1.807) is 6.07 Å². The molecule has 7 nitrogen and oxygen atoms in total. The summed E-state index contributed by atoms with van der Waals surface area (Å²) in [5, 5.41) is 5.49. The van der Waals surface area contributed by atoms with Gasteiger partial charge in [-0.25, -0.2) is 0 Å². The summed E-state index contributed by atoms with van der Waals surface area (Å²) >= 11 is 5.87. The molecular formula is C22H19ClF3N3O4. The molecule has 1 aliphatic rings. The molecule has 11 heteroatoms. The molecule has 0 saturated heterocycles. The van der Waals surface area contributed by atoms with Gasteiger partial charge in [0.2, 0.25) is 5.91 Å². The van der Waals surface area contributed by atoms with Crippen molar-refractivity contribution in [1.82, 2.24) is 15.6 Å². The maximum absolute atomic E-state index is 12.6. The molecule has 0 fully saturated rings. The summed E-state index contributed by atoms with van der Waals surface area (Å²) in [5.74, 6) is -1.03. The number of hydrogen-bond acceptors (Lipinski definition) is 5. The van der Waals surface area contributed by atoms with Gasteiger partial charge in [-0.05, 0) is 36.8 Å². The minimum absolute atomic E-state index is 0.0745. The molecule has 2 amide bonds. The van der Waals surface area contributed by atoms with E-state index in [0.717, 1.165) is 6.07 Å². The van der Waals surface area contributed by atoms with Crippen molar-refractivity contribution in [3.63, 3.8) is 0 Å². The quantitative estimate of drug-likeness (QED) is 0.590. The molecule has 0 spiro atoms. The van der Waals surface area contributed by atoms with Crippen LogP contribution in [0, 0.1) is 0 Å². The van der Waals surface area contributed by atoms with E-state index in [4.69, 9.17) is 16.3 Å². The van der Waals surface area contributed by atoms with Gasteiger partial charge in [-0.2, -0.15) is 13.2 Å². The number of carbonyl (C=O) groups is 3. The Hall–Kier alpha value is -3.40. The zero-order valence-corrected chi connectivity index (χ0v) is 17.9. The van der Waals surface area contributed by atoms with Gasteiger partial charge in [0.1, 0.15) is 5.75 Å². The summed E-state index contributed by atoms with van der Waals surface area (Å²) in [6.45, 7) is 3.64. The third-order valence-corrected chi connectivity index (χ3v) is 5.04. The normalized spacial score (nSPS) is 15.3. The Labute approximate surface area is 192 Å². The van der Waals surface area contributed by atoms with Crippen LogP contribution < -0.4 is 15.4 Å². The molecule has 0 saturated carbocycles. The second-order valence-electron chi connectivity index (χ2n) is 7.24. The monoisotopic (exact) mass is 481 g/mol. The minimum Gasteiger partial charge on any atom is -0.479 e. The van der Waals surface area contributed by atoms with Gasteiger partial charge in [0.15, 0.2) is 11.9 Å². The molecule has 1 atom stereocenters. The van der Waals surface area contributed by atoms with Crippen molar-refractivity contribution < 1.29 is 32.3 Å². The lowest BCUT2D eigenvalue weighted by Crippen LogP contribution is -2.42. The highest BCUT2D eigenvalue weighted by molar-refractivity contribution is 6.31. The lowest BCUT2D eigenvalue weighted by molar-refractivity contribution is -0.137. The Morgan fingerprint density at radius 3 is 2.64 bits per heavy atom. The number of nitrogens with one attached hydrogen (secondary N) is 2. The zero-order valence-electron chi connectivity index (χ0n) is 17.2. The van der Waals surface area contributed by atoms with Gasteiger partial charge in [-0.3, -0.25) is 19.4 Å². The Morgan fingerprint density at radius 2 is 1.97 bits per heavy atom. The number of ether oxygens (including phenoxy) is 1. The predicted molar refractivity (Wildman–Crippen MR) is 113 cm³/mol. The molecule has 3 rings (SSSR count). The fourth-order valence-electron chi connectivity index (χ4n) is 3.00. The van der Waals surface area contributed by atoms with E-state index in [1.807, 2.05) is 0 Å². The molecule has 2 N–H and O–H groups in total. The molecule has 0 radical (unpaired) electrons. The van der Waals surface area contributed by atoms with Crippen LogP contribution in [-0.4, -0.2) is 35.2 Å². The van der Waals surface area contributed by atoms with E-state index in [1.165, 1.54) is 18.2 Å². The van der Waals surface area contributed by atoms with Crippen LogP contribution in [0.3, 0.4) is 0 Å². The lowest BCUT2D eigenvalue weighted by Gasteiger charge is -2.24. The third-order valence-electron chi connectivity index (χ3n) is 4.80. The topological polar surface area (TPSA) is 97.4 Å². The fourth-order valence-corrected chi connectivity index (χ4v) is 3.17. The maximum atomic E-state index is 12.6. The number of ketones is 1. The standard InChI is InChI=1S/C22H19ClF3N3O4/c1-12(20(31)29-11-15-4-2-13(10-28-15)22(24,25)26)6-7-27-21(32)19-9-17(30)16-8-14(23)3-5-18(16)33-19/h2-5,8,10,19H,1,6-7,9,11H2,(H,27,32)(H,29,31). The molecular weight excluding hydrogens is 463 g/mol. The number of alkyl halides is 3. The molecule has 0 bridgehead atoms. The first-order chi connectivity index (χ1) is 15.5. The highest BCUT2D eigenvalue weighted by Crippen LogP contribution is 2.30. The average Bonchev–Trinajstić information content (AvgIpc) is 2.77. The zero-order chi connectivity index (χ0) is 24.2. The Balaban J connectivity index is 1.42. The number of aromatic nitrogens is 1. The molecule has 1 aliphatic heterocycles. The summed E-state index contributed by atoms with van der Waals surface area (Å²) < 4.78 is 43.2. The van der Waals surface area contributed by atoms with Gasteiger partial charge < -0.3 is 15.4 Å². The summed E-state index contributed by atoms with van der Waals surface area (Å²) in [7, 11) is 0. The number of amides is 2. The number of nitrogens with zero attached hydrogens (tertiary/aromatic N) is 1. The van der Waals surface area contributed by atoms with Crippen LogP contribution in [0.15, 0.2) is 48.7 Å². The summed E-state index contributed by atoms with van der Waals surface area (Å²) in [5.41, 5.74) is -0.159. The second kappa shape index (κ2) is 10.0. The van der Waals surface area contributed by atoms with Crippen molar-refractivity contribution in [2.45, 2.75) is 31.7 Å². The molecule has 33 heavy (non-hydrogen) atoms. The number of hydrogen-bond donors (Lipinski definition) is 2. The number of benzene rings is 1. The Kier molecular flexibility index (Phi) is 7.37. The molecule has 2 heterocycles. The lowest BCUT2D eigenvalue weighted by atomic mass is 10.0. The van der Waals surface area contributed by atoms with Crippen LogP contribution in [0.4, 0.5) is 13.2 Å². The predicted octanol–water partition coefficient (Wildman–Crippen LogP) is 3.47. The van der Waals surface area contributed by atoms with E-state index in [0.29, 0.717) is 16.8 Å². The molecule has 174 valence electrons. The maximum Gasteiger partial charge on any atom is 0.417 e. The van der Waals surface area contributed by atoms with Gasteiger partial charge >= 0.3 is 6.18 Å². The van der Waals surface area contributed by atoms with E-state index in [2.05, 4.69) is 22.2 Å². The van der Waals surface area contributed by atoms with Gasteiger partial charge in [-0.15, -0.1) is 0 Å². The highest BCUT2D eigenvalue weighted by atomic mass is 35.5. The van der Waals surface area contributed by atoms with Crippen molar-refractivity contribution >= 4 is 29.2 Å².